The van der Waals surface area contributed by atoms with E-state index in [0.29, 0.717) is 31.7 Å². The fourth-order valence-corrected chi connectivity index (χ4v) is 4.95. The Morgan fingerprint density at radius 3 is 2.42 bits per heavy atom. The van der Waals surface area contributed by atoms with Crippen LogP contribution in [0.2, 0.25) is 0 Å². The second-order valence-electron chi connectivity index (χ2n) is 9.55. The molecule has 0 aliphatic carbocycles. The average molecular weight is 529 g/mol. The first kappa shape index (κ1) is 26.0. The van der Waals surface area contributed by atoms with Crippen LogP contribution in [0, 0.1) is 12.7 Å². The van der Waals surface area contributed by atoms with Crippen molar-refractivity contribution in [2.45, 2.75) is 39.0 Å². The number of rotatable bonds is 6. The summed E-state index contributed by atoms with van der Waals surface area (Å²) in [6.45, 7) is 7.60. The van der Waals surface area contributed by atoms with E-state index >= 15 is 0 Å². The number of halogens is 4. The van der Waals surface area contributed by atoms with Gasteiger partial charge in [0, 0.05) is 44.0 Å². The summed E-state index contributed by atoms with van der Waals surface area (Å²) in [5.41, 5.74) is 2.36. The fourth-order valence-electron chi connectivity index (χ4n) is 4.95. The van der Waals surface area contributed by atoms with Crippen LogP contribution >= 0.6 is 0 Å². The molecule has 1 aliphatic rings. The lowest BCUT2D eigenvalue weighted by atomic mass is 10.1. The highest BCUT2D eigenvalue weighted by molar-refractivity contribution is 5.82. The minimum atomic E-state index is -4.44. The lowest BCUT2D eigenvalue weighted by Crippen LogP contribution is -2.49. The standard InChI is InChI=1S/C26H28F4N8/c1-15(2)38-16(3)34-20-6-4-17(12-21(20)38)23-19(27)14-33-25(36-23)35-22-7-5-18(13-32-22)24(26(28,29)30)37-10-8-31-9-11-37/h4-7,12-15,24,31H,8-11H2,1-3H3,(H,32,33,35,36). The third-order valence-electron chi connectivity index (χ3n) is 6.57. The number of benzene rings is 1. The number of pyridine rings is 1. The highest BCUT2D eigenvalue weighted by Gasteiger charge is 2.45. The van der Waals surface area contributed by atoms with Crippen LogP contribution in [-0.2, 0) is 0 Å². The first-order chi connectivity index (χ1) is 18.1. The predicted molar refractivity (Wildman–Crippen MR) is 137 cm³/mol. The predicted octanol–water partition coefficient (Wildman–Crippen LogP) is 5.17. The van der Waals surface area contributed by atoms with Gasteiger partial charge in [0.05, 0.1) is 17.2 Å². The van der Waals surface area contributed by atoms with Crippen LogP contribution in [0.5, 0.6) is 0 Å². The zero-order valence-corrected chi connectivity index (χ0v) is 21.2. The molecule has 4 aromatic rings. The Balaban J connectivity index is 1.41. The Morgan fingerprint density at radius 1 is 1.00 bits per heavy atom. The molecule has 0 spiro atoms. The number of piperazine rings is 1. The number of imidazole rings is 1. The van der Waals surface area contributed by atoms with Crippen molar-refractivity contribution in [3.63, 3.8) is 0 Å². The van der Waals surface area contributed by atoms with Crippen molar-refractivity contribution >= 4 is 22.8 Å². The number of nitrogens with zero attached hydrogens (tertiary/aromatic N) is 6. The summed E-state index contributed by atoms with van der Waals surface area (Å²) in [6.07, 6.45) is -2.18. The molecule has 1 unspecified atom stereocenters. The van der Waals surface area contributed by atoms with Gasteiger partial charge in [-0.05, 0) is 44.5 Å². The van der Waals surface area contributed by atoms with Crippen LogP contribution in [0.15, 0.2) is 42.7 Å². The van der Waals surface area contributed by atoms with E-state index in [2.05, 4.69) is 35.1 Å². The van der Waals surface area contributed by atoms with Crippen molar-refractivity contribution in [1.82, 2.24) is 34.7 Å². The molecule has 1 fully saturated rings. The van der Waals surface area contributed by atoms with Gasteiger partial charge < -0.3 is 15.2 Å². The second kappa shape index (κ2) is 10.3. The number of aryl methyl sites for hydroxylation is 1. The largest absolute Gasteiger partial charge is 0.408 e. The van der Waals surface area contributed by atoms with Crippen molar-refractivity contribution in [3.05, 3.63) is 59.9 Å². The van der Waals surface area contributed by atoms with Crippen molar-refractivity contribution in [2.75, 3.05) is 31.5 Å². The van der Waals surface area contributed by atoms with Crippen molar-refractivity contribution < 1.29 is 17.6 Å². The van der Waals surface area contributed by atoms with Gasteiger partial charge in [-0.15, -0.1) is 0 Å². The molecule has 1 saturated heterocycles. The third-order valence-corrected chi connectivity index (χ3v) is 6.57. The van der Waals surface area contributed by atoms with Gasteiger partial charge in [0.2, 0.25) is 5.95 Å². The molecule has 1 aromatic carbocycles. The number of hydrogen-bond donors (Lipinski definition) is 2. The average Bonchev–Trinajstić information content (AvgIpc) is 3.21. The fraction of sp³-hybridized carbons (Fsp3) is 0.385. The maximum absolute atomic E-state index is 14.8. The maximum Gasteiger partial charge on any atom is 0.408 e. The summed E-state index contributed by atoms with van der Waals surface area (Å²) in [7, 11) is 0. The molecule has 2 N–H and O–H groups in total. The number of anilines is 2. The zero-order chi connectivity index (χ0) is 27.0. The molecule has 5 rings (SSSR count). The molecule has 38 heavy (non-hydrogen) atoms. The number of alkyl halides is 3. The van der Waals surface area contributed by atoms with Crippen LogP contribution in [0.25, 0.3) is 22.3 Å². The van der Waals surface area contributed by atoms with E-state index in [9.17, 15) is 17.6 Å². The Labute approximate surface area is 217 Å². The van der Waals surface area contributed by atoms with Crippen LogP contribution in [0.4, 0.5) is 29.3 Å². The number of hydrogen-bond acceptors (Lipinski definition) is 7. The van der Waals surface area contributed by atoms with Gasteiger partial charge in [-0.2, -0.15) is 13.2 Å². The monoisotopic (exact) mass is 528 g/mol. The quantitative estimate of drug-likeness (QED) is 0.334. The summed E-state index contributed by atoms with van der Waals surface area (Å²) in [5.74, 6) is 0.577. The molecule has 3 aromatic heterocycles. The molecule has 0 bridgehead atoms. The number of aromatic nitrogens is 5. The summed E-state index contributed by atoms with van der Waals surface area (Å²) in [4.78, 5) is 18.5. The molecule has 200 valence electrons. The SMILES string of the molecule is Cc1nc2ccc(-c3nc(Nc4ccc(C(N5CCNCC5)C(F)(F)F)cn4)ncc3F)cc2n1C(C)C. The molecular weight excluding hydrogens is 500 g/mol. The van der Waals surface area contributed by atoms with Crippen LogP contribution < -0.4 is 10.6 Å². The highest BCUT2D eigenvalue weighted by Crippen LogP contribution is 2.38. The van der Waals surface area contributed by atoms with Gasteiger partial charge in [-0.1, -0.05) is 12.1 Å². The first-order valence-electron chi connectivity index (χ1n) is 12.4. The Hall–Kier alpha value is -3.64. The Kier molecular flexibility index (Phi) is 7.01. The van der Waals surface area contributed by atoms with Gasteiger partial charge in [0.25, 0.3) is 0 Å². The van der Waals surface area contributed by atoms with Gasteiger partial charge in [-0.25, -0.2) is 24.3 Å². The van der Waals surface area contributed by atoms with E-state index in [4.69, 9.17) is 0 Å². The van der Waals surface area contributed by atoms with E-state index < -0.39 is 18.0 Å². The summed E-state index contributed by atoms with van der Waals surface area (Å²) < 4.78 is 58.5. The second-order valence-corrected chi connectivity index (χ2v) is 9.55. The lowest BCUT2D eigenvalue weighted by Gasteiger charge is -2.36. The molecular formula is C26H28F4N8. The Morgan fingerprint density at radius 2 is 1.76 bits per heavy atom. The van der Waals surface area contributed by atoms with E-state index in [0.717, 1.165) is 23.1 Å². The third kappa shape index (κ3) is 5.18. The molecule has 0 amide bonds. The first-order valence-corrected chi connectivity index (χ1v) is 12.4. The van der Waals surface area contributed by atoms with Gasteiger partial charge in [0.1, 0.15) is 23.4 Å². The molecule has 8 nitrogen and oxygen atoms in total. The summed E-state index contributed by atoms with van der Waals surface area (Å²) >= 11 is 0. The topological polar surface area (TPSA) is 83.8 Å². The normalized spacial score (nSPS) is 15.8. The smallest absolute Gasteiger partial charge is 0.326 e. The molecule has 1 atom stereocenters. The van der Waals surface area contributed by atoms with Crippen molar-refractivity contribution in [1.29, 1.82) is 0 Å². The zero-order valence-electron chi connectivity index (χ0n) is 21.2. The Bertz CT molecular complexity index is 1430. The van der Waals surface area contributed by atoms with Crippen molar-refractivity contribution in [3.8, 4) is 11.3 Å². The number of fused-ring (bicyclic) bond motifs is 1. The van der Waals surface area contributed by atoms with Gasteiger partial charge >= 0.3 is 6.18 Å². The van der Waals surface area contributed by atoms with E-state index in [-0.39, 0.29) is 29.1 Å². The molecule has 12 heteroatoms. The summed E-state index contributed by atoms with van der Waals surface area (Å²) in [5, 5.41) is 5.94. The minimum absolute atomic E-state index is 0.0519. The van der Waals surface area contributed by atoms with Crippen LogP contribution in [-0.4, -0.2) is 61.8 Å². The summed E-state index contributed by atoms with van der Waals surface area (Å²) in [6, 6.07) is 6.67. The molecule has 0 saturated carbocycles. The molecule has 4 heterocycles. The van der Waals surface area contributed by atoms with E-state index in [1.807, 2.05) is 32.9 Å². The lowest BCUT2D eigenvalue weighted by molar-refractivity contribution is -0.188. The highest BCUT2D eigenvalue weighted by atomic mass is 19.4. The number of nitrogens with one attached hydrogen (secondary N) is 2. The van der Waals surface area contributed by atoms with E-state index in [1.165, 1.54) is 23.2 Å². The molecule has 1 aliphatic heterocycles. The van der Waals surface area contributed by atoms with Crippen LogP contribution in [0.1, 0.15) is 37.3 Å². The van der Waals surface area contributed by atoms with Gasteiger partial charge in [-0.3, -0.25) is 4.90 Å². The maximum atomic E-state index is 14.8. The minimum Gasteiger partial charge on any atom is -0.326 e. The van der Waals surface area contributed by atoms with E-state index in [1.54, 1.807) is 6.07 Å². The van der Waals surface area contributed by atoms with Crippen LogP contribution in [0.3, 0.4) is 0 Å². The molecule has 0 radical (unpaired) electrons. The van der Waals surface area contributed by atoms with Gasteiger partial charge in [0.15, 0.2) is 5.82 Å². The van der Waals surface area contributed by atoms with Crippen molar-refractivity contribution in [2.24, 2.45) is 0 Å².